The molecule has 0 saturated carbocycles. The van der Waals surface area contributed by atoms with Crippen LogP contribution in [0.3, 0.4) is 0 Å². The number of carbonyl (C=O) groups is 1. The van der Waals surface area contributed by atoms with E-state index in [0.717, 1.165) is 21.0 Å². The lowest BCUT2D eigenvalue weighted by atomic mass is 9.85. The van der Waals surface area contributed by atoms with Crippen molar-refractivity contribution >= 4 is 44.9 Å². The van der Waals surface area contributed by atoms with Gasteiger partial charge in [0, 0.05) is 10.0 Å². The Morgan fingerprint density at radius 1 is 0.943 bits per heavy atom. The number of fused-ring (bicyclic) bond motifs is 6. The first-order valence-electron chi connectivity index (χ1n) is 11.1. The number of nitrogens with one attached hydrogen (secondary N) is 1. The third-order valence-corrected chi connectivity index (χ3v) is 8.13. The van der Waals surface area contributed by atoms with Crippen LogP contribution >= 0.6 is 23.2 Å². The molecule has 0 radical (unpaired) electrons. The fraction of sp³-hybridized carbons (Fsp3) is 0.269. The summed E-state index contributed by atoms with van der Waals surface area (Å²) in [5, 5.41) is 3.84. The number of anilines is 1. The molecule has 1 saturated heterocycles. The van der Waals surface area contributed by atoms with Gasteiger partial charge in [0.05, 0.1) is 22.7 Å². The second-order valence-corrected chi connectivity index (χ2v) is 12.4. The summed E-state index contributed by atoms with van der Waals surface area (Å²) in [6.07, 6.45) is 0. The number of esters is 1. The van der Waals surface area contributed by atoms with E-state index < -0.39 is 28.1 Å². The molecule has 3 aromatic rings. The van der Waals surface area contributed by atoms with Crippen LogP contribution in [0.15, 0.2) is 65.6 Å². The Kier molecular flexibility index (Phi) is 5.87. The summed E-state index contributed by atoms with van der Waals surface area (Å²) in [5.74, 6) is -0.670. The first-order chi connectivity index (χ1) is 16.4. The summed E-state index contributed by atoms with van der Waals surface area (Å²) >= 11 is 12.2. The highest BCUT2D eigenvalue weighted by molar-refractivity contribution is 7.92. The van der Waals surface area contributed by atoms with Gasteiger partial charge in [0.2, 0.25) is 0 Å². The molecule has 2 aliphatic rings. The first kappa shape index (κ1) is 24.1. The minimum absolute atomic E-state index is 0.111. The van der Waals surface area contributed by atoms with Crippen molar-refractivity contribution in [2.24, 2.45) is 0 Å². The Balaban J connectivity index is 1.62. The van der Waals surface area contributed by atoms with Crippen LogP contribution in [0.5, 0.6) is 0 Å². The Bertz CT molecular complexity index is 1430. The van der Waals surface area contributed by atoms with Crippen molar-refractivity contribution in [3.8, 4) is 11.1 Å². The van der Waals surface area contributed by atoms with Gasteiger partial charge in [-0.1, -0.05) is 53.5 Å². The van der Waals surface area contributed by atoms with Gasteiger partial charge in [-0.25, -0.2) is 8.42 Å². The summed E-state index contributed by atoms with van der Waals surface area (Å²) in [6.45, 7) is 4.69. The van der Waals surface area contributed by atoms with E-state index in [9.17, 15) is 13.2 Å². The van der Waals surface area contributed by atoms with Gasteiger partial charge in [-0.3, -0.25) is 14.4 Å². The Morgan fingerprint density at radius 3 is 2.23 bits per heavy atom. The minimum atomic E-state index is -4.21. The predicted molar refractivity (Wildman–Crippen MR) is 137 cm³/mol. The molecule has 1 aliphatic heterocycles. The Labute approximate surface area is 214 Å². The Hall–Kier alpha value is -2.58. The van der Waals surface area contributed by atoms with Crippen molar-refractivity contribution in [2.75, 3.05) is 10.8 Å². The number of carbonyl (C=O) groups excluding carboxylic acids is 1. The smallest absolute Gasteiger partial charge is 0.327 e. The summed E-state index contributed by atoms with van der Waals surface area (Å²) < 4.78 is 34.1. The molecule has 1 fully saturated rings. The highest BCUT2D eigenvalue weighted by atomic mass is 35.5. The van der Waals surface area contributed by atoms with Crippen molar-refractivity contribution in [3.05, 3.63) is 81.8 Å². The molecule has 182 valence electrons. The summed E-state index contributed by atoms with van der Waals surface area (Å²) in [5.41, 5.74) is 3.81. The Morgan fingerprint density at radius 2 is 1.57 bits per heavy atom. The molecule has 2 unspecified atom stereocenters. The number of benzene rings is 3. The van der Waals surface area contributed by atoms with E-state index in [2.05, 4.69) is 11.4 Å². The second kappa shape index (κ2) is 8.52. The number of hydrogen-bond donors (Lipinski definition) is 1. The summed E-state index contributed by atoms with van der Waals surface area (Å²) in [4.78, 5) is 12.7. The molecule has 9 heteroatoms. The first-order valence-corrected chi connectivity index (χ1v) is 13.3. The van der Waals surface area contributed by atoms with E-state index >= 15 is 0 Å². The lowest BCUT2D eigenvalue weighted by Crippen LogP contribution is -2.39. The van der Waals surface area contributed by atoms with Crippen LogP contribution in [0, 0.1) is 0 Å². The highest BCUT2D eigenvalue weighted by Crippen LogP contribution is 2.53. The highest BCUT2D eigenvalue weighted by Gasteiger charge is 2.45. The number of sulfonamides is 1. The van der Waals surface area contributed by atoms with Crippen LogP contribution in [0.4, 0.5) is 5.69 Å². The standard InChI is InChI=1S/C26H24Cl2N2O4S/c1-26(2,3)34-23(31)14-30(35(32,33)18-11-15(27)10-16(28)12-18)17-8-9-21-22(13-17)19-6-4-5-7-20(19)24-25(21)29-24/h4-13,24-25,29H,14H2,1-3H3. The average Bonchev–Trinajstić information content (AvgIpc) is 3.57. The van der Waals surface area contributed by atoms with Gasteiger partial charge >= 0.3 is 5.97 Å². The van der Waals surface area contributed by atoms with Crippen LogP contribution in [-0.4, -0.2) is 26.5 Å². The zero-order chi connectivity index (χ0) is 25.1. The van der Waals surface area contributed by atoms with E-state index in [1.165, 1.54) is 23.8 Å². The maximum Gasteiger partial charge on any atom is 0.327 e. The van der Waals surface area contributed by atoms with Gasteiger partial charge in [-0.05, 0) is 73.4 Å². The van der Waals surface area contributed by atoms with Crippen LogP contribution in [-0.2, 0) is 19.6 Å². The molecule has 0 bridgehead atoms. The van der Waals surface area contributed by atoms with Crippen molar-refractivity contribution in [2.45, 2.75) is 43.4 Å². The van der Waals surface area contributed by atoms with Gasteiger partial charge in [0.25, 0.3) is 10.0 Å². The summed E-state index contributed by atoms with van der Waals surface area (Å²) in [7, 11) is -4.21. The molecule has 0 spiro atoms. The average molecular weight is 531 g/mol. The van der Waals surface area contributed by atoms with Gasteiger partial charge < -0.3 is 4.74 Å². The fourth-order valence-corrected chi connectivity index (χ4v) is 6.63. The van der Waals surface area contributed by atoms with Gasteiger partial charge in [-0.2, -0.15) is 0 Å². The van der Waals surface area contributed by atoms with E-state index in [1.54, 1.807) is 26.8 Å². The van der Waals surface area contributed by atoms with Crippen LogP contribution in [0.1, 0.15) is 44.0 Å². The van der Waals surface area contributed by atoms with Crippen molar-refractivity contribution < 1.29 is 17.9 Å². The minimum Gasteiger partial charge on any atom is -0.459 e. The number of halogens is 2. The SMILES string of the molecule is CC(C)(C)OC(=O)CN(c1ccc2c(c1)-c1ccccc1C1NC21)S(=O)(=O)c1cc(Cl)cc(Cl)c1. The molecule has 1 heterocycles. The fourth-order valence-electron chi connectivity index (χ4n) is 4.50. The van der Waals surface area contributed by atoms with E-state index in [1.807, 2.05) is 30.3 Å². The third-order valence-electron chi connectivity index (χ3n) is 5.95. The second-order valence-electron chi connectivity index (χ2n) is 9.68. The summed E-state index contributed by atoms with van der Waals surface area (Å²) in [6, 6.07) is 18.1. The quantitative estimate of drug-likeness (QED) is 0.328. The monoisotopic (exact) mass is 530 g/mol. The van der Waals surface area contributed by atoms with E-state index in [4.69, 9.17) is 27.9 Å². The molecule has 3 aromatic carbocycles. The lowest BCUT2D eigenvalue weighted by Gasteiger charge is -2.28. The maximum atomic E-state index is 13.8. The lowest BCUT2D eigenvalue weighted by molar-refractivity contribution is -0.152. The molecule has 1 N–H and O–H groups in total. The van der Waals surface area contributed by atoms with Gasteiger partial charge in [-0.15, -0.1) is 0 Å². The maximum absolute atomic E-state index is 13.8. The topological polar surface area (TPSA) is 85.6 Å². The predicted octanol–water partition coefficient (Wildman–Crippen LogP) is 5.90. The molecular weight excluding hydrogens is 507 g/mol. The van der Waals surface area contributed by atoms with Crippen LogP contribution < -0.4 is 9.62 Å². The van der Waals surface area contributed by atoms with Crippen molar-refractivity contribution in [3.63, 3.8) is 0 Å². The number of nitrogens with zero attached hydrogens (tertiary/aromatic N) is 1. The molecule has 0 aromatic heterocycles. The van der Waals surface area contributed by atoms with Crippen molar-refractivity contribution in [1.29, 1.82) is 0 Å². The van der Waals surface area contributed by atoms with E-state index in [-0.39, 0.29) is 27.0 Å². The molecule has 6 nitrogen and oxygen atoms in total. The van der Waals surface area contributed by atoms with Crippen LogP contribution in [0.25, 0.3) is 11.1 Å². The molecule has 1 aliphatic carbocycles. The normalized spacial score (nSPS) is 18.2. The number of hydrogen-bond acceptors (Lipinski definition) is 5. The van der Waals surface area contributed by atoms with Gasteiger partial charge in [0.15, 0.2) is 0 Å². The molecule has 5 rings (SSSR count). The van der Waals surface area contributed by atoms with Gasteiger partial charge in [0.1, 0.15) is 12.1 Å². The van der Waals surface area contributed by atoms with E-state index in [0.29, 0.717) is 5.69 Å². The zero-order valence-electron chi connectivity index (χ0n) is 19.4. The number of rotatable bonds is 5. The largest absolute Gasteiger partial charge is 0.459 e. The molecular formula is C26H24Cl2N2O4S. The molecule has 35 heavy (non-hydrogen) atoms. The third kappa shape index (κ3) is 4.66. The zero-order valence-corrected chi connectivity index (χ0v) is 21.7. The molecule has 0 amide bonds. The van der Waals surface area contributed by atoms with Crippen molar-refractivity contribution in [1.82, 2.24) is 5.32 Å². The van der Waals surface area contributed by atoms with Crippen LogP contribution in [0.2, 0.25) is 10.0 Å². The molecule has 2 atom stereocenters. The number of ether oxygens (including phenoxy) is 1.